The maximum Gasteiger partial charge on any atom is 0.319 e. The molecular weight excluding hydrogens is 381 g/mol. The molecule has 1 aliphatic rings. The minimum Gasteiger partial charge on any atom is -0.336 e. The number of nitrogens with zero attached hydrogens (tertiary/aromatic N) is 1. The second kappa shape index (κ2) is 9.16. The first kappa shape index (κ1) is 20.3. The summed E-state index contributed by atoms with van der Waals surface area (Å²) >= 11 is 0. The topological polar surface area (TPSA) is 78.5 Å². The minimum atomic E-state index is -3.61. The minimum absolute atomic E-state index is 0.223. The summed E-state index contributed by atoms with van der Waals surface area (Å²) < 4.78 is 40.6. The third-order valence-corrected chi connectivity index (χ3v) is 6.59. The van der Waals surface area contributed by atoms with Crippen molar-refractivity contribution < 1.29 is 17.6 Å². The molecule has 150 valence electrons. The summed E-state index contributed by atoms with van der Waals surface area (Å²) in [7, 11) is -3.61. The van der Waals surface area contributed by atoms with E-state index in [-0.39, 0.29) is 24.4 Å². The van der Waals surface area contributed by atoms with E-state index in [4.69, 9.17) is 0 Å². The van der Waals surface area contributed by atoms with Crippen molar-refractivity contribution in [1.29, 1.82) is 0 Å². The molecule has 0 bridgehead atoms. The lowest BCUT2D eigenvalue weighted by molar-refractivity contribution is 0.231. The fraction of sp³-hybridized carbons (Fsp3) is 0.350. The Kier molecular flexibility index (Phi) is 6.64. The van der Waals surface area contributed by atoms with Crippen LogP contribution in [0.2, 0.25) is 0 Å². The highest BCUT2D eigenvalue weighted by molar-refractivity contribution is 7.88. The van der Waals surface area contributed by atoms with Gasteiger partial charge in [0, 0.05) is 24.8 Å². The van der Waals surface area contributed by atoms with Gasteiger partial charge in [-0.3, -0.25) is 0 Å². The SMILES string of the molecule is O=C(NC[C@@H]1CCCCN1S(=O)(=O)Cc1cccc(F)c1)Nc1ccccc1. The first-order valence-electron chi connectivity index (χ1n) is 9.28. The number of amides is 2. The van der Waals surface area contributed by atoms with Crippen LogP contribution in [-0.4, -0.2) is 37.9 Å². The number of carbonyl (C=O) groups excluding carboxylic acids is 1. The van der Waals surface area contributed by atoms with Gasteiger partial charge in [-0.25, -0.2) is 17.6 Å². The van der Waals surface area contributed by atoms with Gasteiger partial charge in [-0.05, 0) is 42.7 Å². The standard InChI is InChI=1S/C20H24FN3O3S/c21-17-8-6-7-16(13-17)15-28(26,27)24-12-5-4-11-19(24)14-22-20(25)23-18-9-2-1-3-10-18/h1-3,6-10,13,19H,4-5,11-12,14-15H2,(H2,22,23,25)/t19-/m0/s1. The Bertz CT molecular complexity index is 906. The van der Waals surface area contributed by atoms with Crippen molar-refractivity contribution in [2.45, 2.75) is 31.1 Å². The molecule has 2 aromatic rings. The Morgan fingerprint density at radius 3 is 2.64 bits per heavy atom. The number of rotatable bonds is 6. The monoisotopic (exact) mass is 405 g/mol. The number of hydrogen-bond donors (Lipinski definition) is 2. The van der Waals surface area contributed by atoms with Crippen LogP contribution < -0.4 is 10.6 Å². The summed E-state index contributed by atoms with van der Waals surface area (Å²) in [6, 6.07) is 14.0. The van der Waals surface area contributed by atoms with E-state index in [0.29, 0.717) is 24.2 Å². The highest BCUT2D eigenvalue weighted by Gasteiger charge is 2.32. The number of halogens is 1. The zero-order valence-corrected chi connectivity index (χ0v) is 16.3. The van der Waals surface area contributed by atoms with E-state index in [2.05, 4.69) is 10.6 Å². The van der Waals surface area contributed by atoms with Gasteiger partial charge >= 0.3 is 6.03 Å². The average Bonchev–Trinajstić information content (AvgIpc) is 2.67. The fourth-order valence-electron chi connectivity index (χ4n) is 3.37. The van der Waals surface area contributed by atoms with E-state index < -0.39 is 15.8 Å². The maximum atomic E-state index is 13.4. The van der Waals surface area contributed by atoms with Crippen LogP contribution in [0.3, 0.4) is 0 Å². The number of urea groups is 1. The predicted octanol–water partition coefficient (Wildman–Crippen LogP) is 3.33. The number of hydrogen-bond acceptors (Lipinski definition) is 3. The van der Waals surface area contributed by atoms with E-state index >= 15 is 0 Å². The largest absolute Gasteiger partial charge is 0.336 e. The number of nitrogens with one attached hydrogen (secondary N) is 2. The van der Waals surface area contributed by atoms with Gasteiger partial charge in [-0.2, -0.15) is 4.31 Å². The Labute approximate surface area is 164 Å². The van der Waals surface area contributed by atoms with Crippen LogP contribution in [0.4, 0.5) is 14.9 Å². The highest BCUT2D eigenvalue weighted by atomic mass is 32.2. The van der Waals surface area contributed by atoms with Crippen molar-refractivity contribution in [2.75, 3.05) is 18.4 Å². The molecule has 6 nitrogen and oxygen atoms in total. The summed E-state index contributed by atoms with van der Waals surface area (Å²) in [5, 5.41) is 5.48. The third-order valence-electron chi connectivity index (χ3n) is 4.70. The molecule has 0 aromatic heterocycles. The predicted molar refractivity (Wildman–Crippen MR) is 107 cm³/mol. The van der Waals surface area contributed by atoms with Gasteiger partial charge in [0.15, 0.2) is 0 Å². The van der Waals surface area contributed by atoms with Crippen LogP contribution in [0.15, 0.2) is 54.6 Å². The molecule has 1 aliphatic heterocycles. The van der Waals surface area contributed by atoms with Gasteiger partial charge in [0.05, 0.1) is 5.75 Å². The Hall–Kier alpha value is -2.45. The second-order valence-electron chi connectivity index (χ2n) is 6.85. The lowest BCUT2D eigenvalue weighted by Crippen LogP contribution is -2.50. The summed E-state index contributed by atoms with van der Waals surface area (Å²) in [4.78, 5) is 12.1. The van der Waals surface area contributed by atoms with Crippen molar-refractivity contribution in [2.24, 2.45) is 0 Å². The number of benzene rings is 2. The van der Waals surface area contributed by atoms with Crippen molar-refractivity contribution in [3.05, 3.63) is 66.0 Å². The van der Waals surface area contributed by atoms with Crippen LogP contribution in [-0.2, 0) is 15.8 Å². The molecule has 0 spiro atoms. The summed E-state index contributed by atoms with van der Waals surface area (Å²) in [5.74, 6) is -0.709. The highest BCUT2D eigenvalue weighted by Crippen LogP contribution is 2.23. The molecular formula is C20H24FN3O3S. The quantitative estimate of drug-likeness (QED) is 0.774. The van der Waals surface area contributed by atoms with Gasteiger partial charge in [0.2, 0.25) is 10.0 Å². The maximum absolute atomic E-state index is 13.4. The lowest BCUT2D eigenvalue weighted by Gasteiger charge is -2.34. The van der Waals surface area contributed by atoms with Crippen LogP contribution in [0.25, 0.3) is 0 Å². The van der Waals surface area contributed by atoms with E-state index in [0.717, 1.165) is 12.8 Å². The van der Waals surface area contributed by atoms with Gasteiger partial charge in [0.1, 0.15) is 5.82 Å². The first-order chi connectivity index (χ1) is 13.4. The van der Waals surface area contributed by atoms with E-state index in [9.17, 15) is 17.6 Å². The van der Waals surface area contributed by atoms with Gasteiger partial charge in [-0.15, -0.1) is 0 Å². The molecule has 3 rings (SSSR count). The molecule has 0 aliphatic carbocycles. The van der Waals surface area contributed by atoms with E-state index in [1.807, 2.05) is 18.2 Å². The van der Waals surface area contributed by atoms with Gasteiger partial charge in [-0.1, -0.05) is 36.8 Å². The first-order valence-corrected chi connectivity index (χ1v) is 10.9. The van der Waals surface area contributed by atoms with Gasteiger partial charge in [0.25, 0.3) is 0 Å². The molecule has 0 radical (unpaired) electrons. The molecule has 2 N–H and O–H groups in total. The number of sulfonamides is 1. The van der Waals surface area contributed by atoms with E-state index in [1.54, 1.807) is 18.2 Å². The third kappa shape index (κ3) is 5.53. The lowest BCUT2D eigenvalue weighted by atomic mass is 10.1. The van der Waals surface area contributed by atoms with Crippen LogP contribution in [0.5, 0.6) is 0 Å². The normalized spacial score (nSPS) is 17.8. The molecule has 8 heteroatoms. The molecule has 1 heterocycles. The molecule has 1 saturated heterocycles. The Balaban J connectivity index is 1.62. The smallest absolute Gasteiger partial charge is 0.319 e. The van der Waals surface area contributed by atoms with Crippen molar-refractivity contribution >= 4 is 21.7 Å². The van der Waals surface area contributed by atoms with Crippen LogP contribution >= 0.6 is 0 Å². The fourth-order valence-corrected chi connectivity index (χ4v) is 5.18. The Morgan fingerprint density at radius 2 is 1.89 bits per heavy atom. The zero-order valence-electron chi connectivity index (χ0n) is 15.5. The summed E-state index contributed by atoms with van der Waals surface area (Å²) in [5.41, 5.74) is 1.08. The average molecular weight is 405 g/mol. The molecule has 0 saturated carbocycles. The van der Waals surface area contributed by atoms with Crippen molar-refractivity contribution in [3.63, 3.8) is 0 Å². The molecule has 1 atom stereocenters. The van der Waals surface area contributed by atoms with Crippen LogP contribution in [0.1, 0.15) is 24.8 Å². The Morgan fingerprint density at radius 1 is 1.11 bits per heavy atom. The molecule has 2 aromatic carbocycles. The number of para-hydroxylation sites is 1. The zero-order chi connectivity index (χ0) is 20.0. The number of piperidine rings is 1. The van der Waals surface area contributed by atoms with Crippen molar-refractivity contribution in [3.8, 4) is 0 Å². The molecule has 0 unspecified atom stereocenters. The summed E-state index contributed by atoms with van der Waals surface area (Å²) in [6.45, 7) is 0.630. The van der Waals surface area contributed by atoms with Gasteiger partial charge < -0.3 is 10.6 Å². The van der Waals surface area contributed by atoms with Crippen LogP contribution in [0, 0.1) is 5.82 Å². The second-order valence-corrected chi connectivity index (χ2v) is 8.77. The van der Waals surface area contributed by atoms with Crippen molar-refractivity contribution in [1.82, 2.24) is 9.62 Å². The molecule has 28 heavy (non-hydrogen) atoms. The van der Waals surface area contributed by atoms with E-state index in [1.165, 1.54) is 22.5 Å². The summed E-state index contributed by atoms with van der Waals surface area (Å²) in [6.07, 6.45) is 2.35. The molecule has 1 fully saturated rings. The number of carbonyl (C=O) groups is 1. The number of anilines is 1. The molecule has 2 amide bonds.